The van der Waals surface area contributed by atoms with E-state index >= 15 is 0 Å². The second kappa shape index (κ2) is 4.73. The number of nitrogens with two attached hydrogens (primary N) is 1. The van der Waals surface area contributed by atoms with Crippen LogP contribution in [-0.4, -0.2) is 31.1 Å². The largest absolute Gasteiger partial charge is 0.329 e. The van der Waals surface area contributed by atoms with E-state index < -0.39 is 0 Å². The zero-order valence-electron chi connectivity index (χ0n) is 9.63. The number of benzene rings is 1. The van der Waals surface area contributed by atoms with Gasteiger partial charge in [-0.3, -0.25) is 0 Å². The number of nitrogens with zero attached hydrogens (tertiary/aromatic N) is 1. The van der Waals surface area contributed by atoms with Crippen molar-refractivity contribution in [2.24, 2.45) is 5.73 Å². The topological polar surface area (TPSA) is 29.3 Å². The van der Waals surface area contributed by atoms with Crippen LogP contribution < -0.4 is 5.73 Å². The van der Waals surface area contributed by atoms with Crippen LogP contribution in [0.4, 0.5) is 4.39 Å². The molecule has 1 unspecified atom stereocenters. The lowest BCUT2D eigenvalue weighted by Gasteiger charge is -2.35. The predicted molar refractivity (Wildman–Crippen MR) is 61.3 cm³/mol. The molecule has 1 atom stereocenters. The van der Waals surface area contributed by atoms with Crippen molar-refractivity contribution in [3.05, 3.63) is 35.6 Å². The molecule has 0 heterocycles. The molecule has 1 aromatic carbocycles. The van der Waals surface area contributed by atoms with Gasteiger partial charge >= 0.3 is 0 Å². The maximum absolute atomic E-state index is 12.7. The van der Waals surface area contributed by atoms with Gasteiger partial charge in [0.2, 0.25) is 0 Å². The molecule has 0 aliphatic rings. The van der Waals surface area contributed by atoms with Crippen LogP contribution in [0.25, 0.3) is 0 Å². The molecular formula is C12H19FN2. The van der Waals surface area contributed by atoms with Crippen LogP contribution in [0, 0.1) is 5.82 Å². The first-order valence-electron chi connectivity index (χ1n) is 5.10. The van der Waals surface area contributed by atoms with Crippen molar-refractivity contribution in [3.63, 3.8) is 0 Å². The molecule has 0 aliphatic carbocycles. The Morgan fingerprint density at radius 1 is 1.27 bits per heavy atom. The van der Waals surface area contributed by atoms with Crippen molar-refractivity contribution in [1.82, 2.24) is 4.90 Å². The Morgan fingerprint density at radius 2 is 1.80 bits per heavy atom. The Bertz CT molecular complexity index is 308. The van der Waals surface area contributed by atoms with Gasteiger partial charge in [0.15, 0.2) is 0 Å². The van der Waals surface area contributed by atoms with Gasteiger partial charge in [0.1, 0.15) is 5.82 Å². The minimum atomic E-state index is -0.196. The summed E-state index contributed by atoms with van der Waals surface area (Å²) in [5.41, 5.74) is 6.81. The molecule has 0 amide bonds. The SMILES string of the molecule is CN(C)C(C)(CN)Cc1ccc(F)cc1. The van der Waals surface area contributed by atoms with Gasteiger partial charge in [0.25, 0.3) is 0 Å². The van der Waals surface area contributed by atoms with E-state index in [0.717, 1.165) is 12.0 Å². The van der Waals surface area contributed by atoms with Crippen LogP contribution in [0.3, 0.4) is 0 Å². The minimum Gasteiger partial charge on any atom is -0.329 e. The lowest BCUT2D eigenvalue weighted by molar-refractivity contribution is 0.181. The quantitative estimate of drug-likeness (QED) is 0.818. The first-order chi connectivity index (χ1) is 6.98. The highest BCUT2D eigenvalue weighted by atomic mass is 19.1. The highest BCUT2D eigenvalue weighted by Crippen LogP contribution is 2.17. The zero-order valence-corrected chi connectivity index (χ0v) is 9.63. The van der Waals surface area contributed by atoms with E-state index in [9.17, 15) is 4.39 Å². The normalized spacial score (nSPS) is 15.3. The second-order valence-electron chi connectivity index (χ2n) is 4.40. The Kier molecular flexibility index (Phi) is 3.83. The summed E-state index contributed by atoms with van der Waals surface area (Å²) < 4.78 is 12.7. The van der Waals surface area contributed by atoms with Gasteiger partial charge in [-0.05, 0) is 45.1 Å². The zero-order chi connectivity index (χ0) is 11.5. The fourth-order valence-corrected chi connectivity index (χ4v) is 1.45. The molecule has 0 saturated heterocycles. The summed E-state index contributed by atoms with van der Waals surface area (Å²) in [4.78, 5) is 2.11. The molecule has 0 saturated carbocycles. The molecule has 0 aromatic heterocycles. The van der Waals surface area contributed by atoms with Crippen molar-refractivity contribution < 1.29 is 4.39 Å². The van der Waals surface area contributed by atoms with Gasteiger partial charge in [0.05, 0.1) is 0 Å². The summed E-state index contributed by atoms with van der Waals surface area (Å²) in [5.74, 6) is -0.196. The molecule has 0 bridgehead atoms. The molecule has 0 spiro atoms. The number of hydrogen-bond acceptors (Lipinski definition) is 2. The predicted octanol–water partition coefficient (Wildman–Crippen LogP) is 1.65. The third-order valence-electron chi connectivity index (χ3n) is 3.02. The molecule has 2 nitrogen and oxygen atoms in total. The summed E-state index contributed by atoms with van der Waals surface area (Å²) in [7, 11) is 4.02. The lowest BCUT2D eigenvalue weighted by Crippen LogP contribution is -2.49. The van der Waals surface area contributed by atoms with E-state index in [4.69, 9.17) is 5.73 Å². The van der Waals surface area contributed by atoms with E-state index in [1.807, 2.05) is 26.2 Å². The van der Waals surface area contributed by atoms with Gasteiger partial charge in [-0.1, -0.05) is 12.1 Å². The van der Waals surface area contributed by atoms with Crippen LogP contribution >= 0.6 is 0 Å². The summed E-state index contributed by atoms with van der Waals surface area (Å²) in [5, 5.41) is 0. The van der Waals surface area contributed by atoms with Crippen molar-refractivity contribution in [2.45, 2.75) is 18.9 Å². The van der Waals surface area contributed by atoms with Gasteiger partial charge in [-0.15, -0.1) is 0 Å². The average molecular weight is 210 g/mol. The molecule has 2 N–H and O–H groups in total. The summed E-state index contributed by atoms with van der Waals surface area (Å²) >= 11 is 0. The van der Waals surface area contributed by atoms with Crippen molar-refractivity contribution >= 4 is 0 Å². The molecule has 84 valence electrons. The molecule has 3 heteroatoms. The van der Waals surface area contributed by atoms with Crippen LogP contribution in [0.5, 0.6) is 0 Å². The lowest BCUT2D eigenvalue weighted by atomic mass is 9.92. The summed E-state index contributed by atoms with van der Waals surface area (Å²) in [6.45, 7) is 2.69. The fourth-order valence-electron chi connectivity index (χ4n) is 1.45. The fraction of sp³-hybridized carbons (Fsp3) is 0.500. The van der Waals surface area contributed by atoms with Crippen LogP contribution in [0.2, 0.25) is 0 Å². The van der Waals surface area contributed by atoms with Gasteiger partial charge in [0, 0.05) is 12.1 Å². The maximum atomic E-state index is 12.7. The van der Waals surface area contributed by atoms with Crippen LogP contribution in [-0.2, 0) is 6.42 Å². The average Bonchev–Trinajstić information content (AvgIpc) is 2.21. The Morgan fingerprint density at radius 3 is 2.20 bits per heavy atom. The van der Waals surface area contributed by atoms with Crippen molar-refractivity contribution in [1.29, 1.82) is 0 Å². The summed E-state index contributed by atoms with van der Waals surface area (Å²) in [6, 6.07) is 6.60. The van der Waals surface area contributed by atoms with Crippen molar-refractivity contribution in [2.75, 3.05) is 20.6 Å². The first kappa shape index (κ1) is 12.1. The number of hydrogen-bond donors (Lipinski definition) is 1. The molecule has 0 radical (unpaired) electrons. The second-order valence-corrected chi connectivity index (χ2v) is 4.40. The molecule has 0 fully saturated rings. The maximum Gasteiger partial charge on any atom is 0.123 e. The number of likely N-dealkylation sites (N-methyl/N-ethyl adjacent to an activating group) is 1. The van der Waals surface area contributed by atoms with Crippen LogP contribution in [0.15, 0.2) is 24.3 Å². The monoisotopic (exact) mass is 210 g/mol. The minimum absolute atomic E-state index is 0.0716. The van der Waals surface area contributed by atoms with E-state index in [-0.39, 0.29) is 11.4 Å². The third-order valence-corrected chi connectivity index (χ3v) is 3.02. The smallest absolute Gasteiger partial charge is 0.123 e. The standard InChI is InChI=1S/C12H19FN2/c1-12(9-14,15(2)3)8-10-4-6-11(13)7-5-10/h4-7H,8-9,14H2,1-3H3. The molecule has 1 rings (SSSR count). The molecular weight excluding hydrogens is 191 g/mol. The van der Waals surface area contributed by atoms with E-state index in [1.165, 1.54) is 12.1 Å². The molecule has 1 aromatic rings. The Labute approximate surface area is 90.9 Å². The first-order valence-corrected chi connectivity index (χ1v) is 5.10. The van der Waals surface area contributed by atoms with Gasteiger partial charge in [-0.2, -0.15) is 0 Å². The van der Waals surface area contributed by atoms with E-state index in [1.54, 1.807) is 0 Å². The summed E-state index contributed by atoms with van der Waals surface area (Å²) in [6.07, 6.45) is 0.830. The van der Waals surface area contributed by atoms with E-state index in [2.05, 4.69) is 11.8 Å². The van der Waals surface area contributed by atoms with Gasteiger partial charge in [-0.25, -0.2) is 4.39 Å². The van der Waals surface area contributed by atoms with Gasteiger partial charge < -0.3 is 10.6 Å². The molecule has 15 heavy (non-hydrogen) atoms. The van der Waals surface area contributed by atoms with Crippen LogP contribution in [0.1, 0.15) is 12.5 Å². The number of halogens is 1. The van der Waals surface area contributed by atoms with Crippen molar-refractivity contribution in [3.8, 4) is 0 Å². The highest BCUT2D eigenvalue weighted by molar-refractivity contribution is 5.18. The van der Waals surface area contributed by atoms with E-state index in [0.29, 0.717) is 6.54 Å². The Hall–Kier alpha value is -0.930. The highest BCUT2D eigenvalue weighted by Gasteiger charge is 2.25. The number of rotatable bonds is 4. The molecule has 0 aliphatic heterocycles. The Balaban J connectivity index is 2.79. The third kappa shape index (κ3) is 3.01.